The molecule has 28 heavy (non-hydrogen) atoms. The lowest BCUT2D eigenvalue weighted by Gasteiger charge is -2.26. The number of aryl methyl sites for hydroxylation is 1. The van der Waals surface area contributed by atoms with Crippen LogP contribution in [-0.2, 0) is 22.4 Å². The van der Waals surface area contributed by atoms with Crippen molar-refractivity contribution in [2.45, 2.75) is 31.9 Å². The first kappa shape index (κ1) is 18.4. The van der Waals surface area contributed by atoms with Gasteiger partial charge >= 0.3 is 5.97 Å². The SMILES string of the molecule is CCc1ccc([C@H](NC(=O)[C@@H]2Cc3ccccc3C(=O)O2)c2cccs2)cc1. The lowest BCUT2D eigenvalue weighted by Crippen LogP contribution is -2.43. The average molecular weight is 391 g/mol. The van der Waals surface area contributed by atoms with Gasteiger partial charge in [0, 0.05) is 11.3 Å². The summed E-state index contributed by atoms with van der Waals surface area (Å²) in [4.78, 5) is 26.3. The third kappa shape index (κ3) is 3.71. The van der Waals surface area contributed by atoms with Crippen LogP contribution in [0.5, 0.6) is 0 Å². The Labute approximate surface area is 168 Å². The maximum atomic E-state index is 13.0. The van der Waals surface area contributed by atoms with Gasteiger partial charge in [0.05, 0.1) is 11.6 Å². The number of esters is 1. The van der Waals surface area contributed by atoms with Crippen molar-refractivity contribution in [3.05, 3.63) is 93.2 Å². The Morgan fingerprint density at radius 2 is 1.93 bits per heavy atom. The van der Waals surface area contributed by atoms with E-state index in [1.54, 1.807) is 23.5 Å². The highest BCUT2D eigenvalue weighted by Gasteiger charge is 2.32. The van der Waals surface area contributed by atoms with Gasteiger partial charge in [-0.05, 0) is 40.6 Å². The molecule has 0 aliphatic carbocycles. The van der Waals surface area contributed by atoms with Crippen molar-refractivity contribution >= 4 is 23.2 Å². The maximum absolute atomic E-state index is 13.0. The molecule has 0 unspecified atom stereocenters. The summed E-state index contributed by atoms with van der Waals surface area (Å²) < 4.78 is 5.42. The summed E-state index contributed by atoms with van der Waals surface area (Å²) in [6.45, 7) is 2.11. The molecule has 5 heteroatoms. The molecule has 4 nitrogen and oxygen atoms in total. The zero-order valence-corrected chi connectivity index (χ0v) is 16.4. The Morgan fingerprint density at radius 1 is 1.14 bits per heavy atom. The van der Waals surface area contributed by atoms with E-state index in [0.29, 0.717) is 12.0 Å². The minimum atomic E-state index is -0.820. The van der Waals surface area contributed by atoms with Crippen molar-refractivity contribution < 1.29 is 14.3 Å². The molecule has 2 heterocycles. The molecule has 1 aromatic heterocycles. The summed E-state index contributed by atoms with van der Waals surface area (Å²) in [6, 6.07) is 19.2. The van der Waals surface area contributed by atoms with Crippen LogP contribution in [0.2, 0.25) is 0 Å². The number of hydrogen-bond donors (Lipinski definition) is 1. The summed E-state index contributed by atoms with van der Waals surface area (Å²) in [5.41, 5.74) is 3.64. The van der Waals surface area contributed by atoms with Crippen molar-refractivity contribution in [2.24, 2.45) is 0 Å². The minimum Gasteiger partial charge on any atom is -0.448 e. The number of fused-ring (bicyclic) bond motifs is 1. The molecule has 0 spiro atoms. The third-order valence-corrected chi connectivity index (χ3v) is 5.96. The van der Waals surface area contributed by atoms with Gasteiger partial charge in [-0.2, -0.15) is 0 Å². The van der Waals surface area contributed by atoms with Crippen molar-refractivity contribution in [3.8, 4) is 0 Å². The fourth-order valence-electron chi connectivity index (χ4n) is 3.43. The van der Waals surface area contributed by atoms with E-state index in [1.807, 2.05) is 41.8 Å². The molecular weight excluding hydrogens is 370 g/mol. The van der Waals surface area contributed by atoms with Crippen LogP contribution in [0.25, 0.3) is 0 Å². The number of hydrogen-bond acceptors (Lipinski definition) is 4. The number of amides is 1. The van der Waals surface area contributed by atoms with Crippen molar-refractivity contribution in [1.29, 1.82) is 0 Å². The number of cyclic esters (lactones) is 1. The number of carbonyl (C=O) groups excluding carboxylic acids is 2. The standard InChI is InChI=1S/C23H21NO3S/c1-2-15-9-11-16(12-10-15)21(20-8-5-13-28-20)24-22(25)19-14-17-6-3-4-7-18(17)23(26)27-19/h3-13,19,21H,2,14H2,1H3,(H,24,25)/t19-,21-/m0/s1. The molecule has 0 radical (unpaired) electrons. The topological polar surface area (TPSA) is 55.4 Å². The second-order valence-corrected chi connectivity index (χ2v) is 7.79. The number of benzene rings is 2. The van der Waals surface area contributed by atoms with Gasteiger partial charge in [-0.1, -0.05) is 55.5 Å². The van der Waals surface area contributed by atoms with Gasteiger partial charge in [0.15, 0.2) is 6.10 Å². The van der Waals surface area contributed by atoms with E-state index in [4.69, 9.17) is 4.74 Å². The van der Waals surface area contributed by atoms with Crippen LogP contribution in [0.15, 0.2) is 66.0 Å². The van der Waals surface area contributed by atoms with Crippen LogP contribution in [0, 0.1) is 0 Å². The molecular formula is C23H21NO3S. The Morgan fingerprint density at radius 3 is 2.64 bits per heavy atom. The number of thiophene rings is 1. The highest BCUT2D eigenvalue weighted by Crippen LogP contribution is 2.28. The van der Waals surface area contributed by atoms with Crippen molar-refractivity contribution in [1.82, 2.24) is 5.32 Å². The van der Waals surface area contributed by atoms with Crippen LogP contribution in [0.4, 0.5) is 0 Å². The average Bonchev–Trinajstić information content (AvgIpc) is 3.26. The number of ether oxygens (including phenoxy) is 1. The normalized spacial score (nSPS) is 16.8. The maximum Gasteiger partial charge on any atom is 0.339 e. The molecule has 142 valence electrons. The zero-order valence-electron chi connectivity index (χ0n) is 15.6. The first-order chi connectivity index (χ1) is 13.7. The predicted molar refractivity (Wildman–Crippen MR) is 109 cm³/mol. The summed E-state index contributed by atoms with van der Waals surface area (Å²) in [7, 11) is 0. The van der Waals surface area contributed by atoms with E-state index in [2.05, 4.69) is 24.4 Å². The summed E-state index contributed by atoms with van der Waals surface area (Å²) in [5.74, 6) is -0.720. The Balaban J connectivity index is 1.57. The van der Waals surface area contributed by atoms with E-state index in [-0.39, 0.29) is 11.9 Å². The molecule has 0 fully saturated rings. The van der Waals surface area contributed by atoms with Crippen molar-refractivity contribution in [3.63, 3.8) is 0 Å². The van der Waals surface area contributed by atoms with E-state index in [0.717, 1.165) is 22.4 Å². The van der Waals surface area contributed by atoms with E-state index in [1.165, 1.54) is 5.56 Å². The van der Waals surface area contributed by atoms with Gasteiger partial charge in [0.25, 0.3) is 5.91 Å². The van der Waals surface area contributed by atoms with Gasteiger partial charge in [0.2, 0.25) is 0 Å². The molecule has 4 rings (SSSR count). The monoisotopic (exact) mass is 391 g/mol. The predicted octanol–water partition coefficient (Wildman–Crippen LogP) is 4.30. The molecule has 1 amide bonds. The summed E-state index contributed by atoms with van der Waals surface area (Å²) >= 11 is 1.59. The fraction of sp³-hybridized carbons (Fsp3) is 0.217. The third-order valence-electron chi connectivity index (χ3n) is 5.02. The highest BCUT2D eigenvalue weighted by molar-refractivity contribution is 7.10. The highest BCUT2D eigenvalue weighted by atomic mass is 32.1. The molecule has 1 aliphatic heterocycles. The van der Waals surface area contributed by atoms with Gasteiger partial charge in [-0.3, -0.25) is 4.79 Å². The minimum absolute atomic E-state index is 0.269. The second kappa shape index (κ2) is 7.98. The fourth-order valence-corrected chi connectivity index (χ4v) is 4.24. The van der Waals surface area contributed by atoms with E-state index in [9.17, 15) is 9.59 Å². The smallest absolute Gasteiger partial charge is 0.339 e. The van der Waals surface area contributed by atoms with Crippen LogP contribution < -0.4 is 5.32 Å². The summed E-state index contributed by atoms with van der Waals surface area (Å²) in [6.07, 6.45) is 0.535. The van der Waals surface area contributed by atoms with Gasteiger partial charge < -0.3 is 10.1 Å². The largest absolute Gasteiger partial charge is 0.448 e. The first-order valence-electron chi connectivity index (χ1n) is 9.37. The first-order valence-corrected chi connectivity index (χ1v) is 10.2. The Hall–Kier alpha value is -2.92. The Kier molecular flexibility index (Phi) is 5.26. The quantitative estimate of drug-likeness (QED) is 0.660. The zero-order chi connectivity index (χ0) is 19.5. The van der Waals surface area contributed by atoms with E-state index < -0.39 is 12.1 Å². The van der Waals surface area contributed by atoms with Crippen molar-refractivity contribution in [2.75, 3.05) is 0 Å². The summed E-state index contributed by atoms with van der Waals surface area (Å²) in [5, 5.41) is 5.08. The molecule has 0 saturated carbocycles. The number of nitrogens with one attached hydrogen (secondary N) is 1. The van der Waals surface area contributed by atoms with Gasteiger partial charge in [-0.15, -0.1) is 11.3 Å². The molecule has 3 aromatic rings. The van der Waals surface area contributed by atoms with E-state index >= 15 is 0 Å². The van der Waals surface area contributed by atoms with Crippen LogP contribution in [0.1, 0.15) is 44.9 Å². The number of carbonyl (C=O) groups is 2. The van der Waals surface area contributed by atoms with Crippen LogP contribution in [-0.4, -0.2) is 18.0 Å². The molecule has 0 bridgehead atoms. The molecule has 2 aromatic carbocycles. The van der Waals surface area contributed by atoms with Gasteiger partial charge in [-0.25, -0.2) is 4.79 Å². The lowest BCUT2D eigenvalue weighted by atomic mass is 9.97. The molecule has 1 aliphatic rings. The Bertz CT molecular complexity index is 979. The van der Waals surface area contributed by atoms with Crippen LogP contribution >= 0.6 is 11.3 Å². The molecule has 1 N–H and O–H groups in total. The van der Waals surface area contributed by atoms with Gasteiger partial charge in [0.1, 0.15) is 0 Å². The second-order valence-electron chi connectivity index (χ2n) is 6.81. The molecule has 2 atom stereocenters. The number of rotatable bonds is 5. The molecule has 0 saturated heterocycles. The van der Waals surface area contributed by atoms with Crippen LogP contribution in [0.3, 0.4) is 0 Å². The lowest BCUT2D eigenvalue weighted by molar-refractivity contribution is -0.130.